The molecule has 2 heterocycles. The molecule has 0 amide bonds. The van der Waals surface area contributed by atoms with E-state index in [0.717, 1.165) is 5.52 Å². The minimum Gasteiger partial charge on any atom is -0.359 e. The fourth-order valence-corrected chi connectivity index (χ4v) is 1.12. The molecule has 0 fully saturated rings. The lowest BCUT2D eigenvalue weighted by molar-refractivity contribution is 1.29. The number of aromatic amines is 1. The van der Waals surface area contributed by atoms with Gasteiger partial charge in [0, 0.05) is 30.4 Å². The molecule has 2 nitrogen and oxygen atoms in total. The number of rotatable bonds is 0. The Hall–Kier alpha value is -1.31. The van der Waals surface area contributed by atoms with E-state index in [9.17, 15) is 0 Å². The molecule has 0 aliphatic rings. The van der Waals surface area contributed by atoms with E-state index in [4.69, 9.17) is 0 Å². The number of nitrogens with one attached hydrogen (secondary N) is 1. The minimum atomic E-state index is 0. The van der Waals surface area contributed by atoms with E-state index in [0.29, 0.717) is 0 Å². The average molecular weight is 164 g/mol. The Bertz CT molecular complexity index is 321. The first-order valence-electron chi connectivity index (χ1n) is 4.25. The van der Waals surface area contributed by atoms with Gasteiger partial charge in [-0.1, -0.05) is 13.8 Å². The molecule has 2 rings (SSSR count). The second kappa shape index (κ2) is 3.90. The van der Waals surface area contributed by atoms with Gasteiger partial charge in [0.2, 0.25) is 0 Å². The van der Waals surface area contributed by atoms with Gasteiger partial charge in [-0.2, -0.15) is 0 Å². The molecule has 0 radical (unpaired) electrons. The summed E-state index contributed by atoms with van der Waals surface area (Å²) in [5, 5.41) is 1.18. The Kier molecular flexibility index (Phi) is 2.86. The summed E-state index contributed by atoms with van der Waals surface area (Å²) < 4.78 is 0. The second-order valence-electron chi connectivity index (χ2n) is 2.42. The summed E-state index contributed by atoms with van der Waals surface area (Å²) in [6, 6.07) is 4.06. The molecule has 12 heavy (non-hydrogen) atoms. The normalized spacial score (nSPS) is 9.25. The van der Waals surface area contributed by atoms with Gasteiger partial charge in [-0.15, -0.1) is 0 Å². The highest BCUT2D eigenvalue weighted by Crippen LogP contribution is 2.11. The second-order valence-corrected chi connectivity index (χ2v) is 2.42. The summed E-state index contributed by atoms with van der Waals surface area (Å²) in [6.07, 6.45) is 3.65. The number of fused-ring (bicyclic) bond motifs is 1. The quantitative estimate of drug-likeness (QED) is 0.636. The van der Waals surface area contributed by atoms with Crippen molar-refractivity contribution in [1.29, 1.82) is 0 Å². The molecule has 1 N–H and O–H groups in total. The number of aryl methyl sites for hydroxylation is 1. The van der Waals surface area contributed by atoms with Crippen LogP contribution in [0, 0.1) is 6.92 Å². The van der Waals surface area contributed by atoms with E-state index in [2.05, 4.69) is 16.0 Å². The Morgan fingerprint density at radius 3 is 2.83 bits per heavy atom. The molecule has 66 valence electrons. The maximum absolute atomic E-state index is 4.01. The number of pyridine rings is 1. The van der Waals surface area contributed by atoms with Gasteiger partial charge in [-0.3, -0.25) is 4.98 Å². The molecule has 2 heteroatoms. The van der Waals surface area contributed by atoms with E-state index in [1.165, 1.54) is 11.1 Å². The first-order chi connectivity index (χ1) is 5.86. The Morgan fingerprint density at radius 2 is 2.17 bits per heavy atom. The monoisotopic (exact) mass is 164 g/mol. The highest BCUT2D eigenvalue weighted by molar-refractivity contribution is 5.78. The molecule has 0 aromatic carbocycles. The molecule has 2 aromatic rings. The molecular weight excluding hydrogens is 148 g/mol. The van der Waals surface area contributed by atoms with Gasteiger partial charge in [0.15, 0.2) is 0 Å². The van der Waals surface area contributed by atoms with Crippen LogP contribution >= 0.6 is 0 Å². The lowest BCUT2D eigenvalue weighted by Gasteiger charge is -1.83. The van der Waals surface area contributed by atoms with Crippen LogP contribution in [0.3, 0.4) is 0 Å². The van der Waals surface area contributed by atoms with Crippen LogP contribution in [0.1, 0.15) is 21.0 Å². The zero-order valence-corrected chi connectivity index (χ0v) is 7.76. The molecule has 0 saturated heterocycles. The number of H-pyrrole nitrogens is 1. The van der Waals surface area contributed by atoms with E-state index in [-0.39, 0.29) is 1.43 Å². The molecule has 0 bridgehead atoms. The van der Waals surface area contributed by atoms with Crippen molar-refractivity contribution in [3.8, 4) is 0 Å². The van der Waals surface area contributed by atoms with Crippen LogP contribution in [0.5, 0.6) is 0 Å². The van der Waals surface area contributed by atoms with Gasteiger partial charge in [0.1, 0.15) is 0 Å². The summed E-state index contributed by atoms with van der Waals surface area (Å²) in [7, 11) is 0. The van der Waals surface area contributed by atoms with Gasteiger partial charge < -0.3 is 4.98 Å². The van der Waals surface area contributed by atoms with E-state index in [1.54, 1.807) is 6.20 Å². The van der Waals surface area contributed by atoms with Gasteiger partial charge in [-0.25, -0.2) is 0 Å². The molecule has 0 saturated carbocycles. The van der Waals surface area contributed by atoms with Gasteiger partial charge in [0.05, 0.1) is 0 Å². The van der Waals surface area contributed by atoms with E-state index < -0.39 is 0 Å². The summed E-state index contributed by atoms with van der Waals surface area (Å²) in [5.74, 6) is 0. The fourth-order valence-electron chi connectivity index (χ4n) is 1.12. The highest BCUT2D eigenvalue weighted by atomic mass is 14.7. The Balaban J connectivity index is 0.000000451. The predicted octanol–water partition coefficient (Wildman–Crippen LogP) is 3.14. The lowest BCUT2D eigenvalue weighted by Crippen LogP contribution is -1.68. The van der Waals surface area contributed by atoms with Crippen LogP contribution in [0.25, 0.3) is 10.9 Å². The highest BCUT2D eigenvalue weighted by Gasteiger charge is 1.93. The maximum atomic E-state index is 4.01. The van der Waals surface area contributed by atoms with Crippen LogP contribution < -0.4 is 0 Å². The van der Waals surface area contributed by atoms with Crippen molar-refractivity contribution in [3.05, 3.63) is 30.2 Å². The maximum Gasteiger partial charge on any atom is 0.0487 e. The largest absolute Gasteiger partial charge is 0.359 e. The minimum absolute atomic E-state index is 0. The summed E-state index contributed by atoms with van der Waals surface area (Å²) in [6.45, 7) is 6.04. The summed E-state index contributed by atoms with van der Waals surface area (Å²) in [5.41, 5.74) is 2.34. The summed E-state index contributed by atoms with van der Waals surface area (Å²) >= 11 is 0. The zero-order valence-electron chi connectivity index (χ0n) is 7.76. The number of nitrogens with zero attached hydrogens (tertiary/aromatic N) is 1. The van der Waals surface area contributed by atoms with Crippen LogP contribution in [0.2, 0.25) is 0 Å². The smallest absolute Gasteiger partial charge is 0.0487 e. The van der Waals surface area contributed by atoms with Crippen LogP contribution in [0.4, 0.5) is 0 Å². The van der Waals surface area contributed by atoms with Crippen LogP contribution in [-0.2, 0) is 0 Å². The Morgan fingerprint density at radius 1 is 1.42 bits per heavy atom. The first-order valence-corrected chi connectivity index (χ1v) is 4.25. The number of hydrogen-bond donors (Lipinski definition) is 1. The van der Waals surface area contributed by atoms with Crippen molar-refractivity contribution >= 4 is 10.9 Å². The van der Waals surface area contributed by atoms with Crippen LogP contribution in [0.15, 0.2) is 24.5 Å². The molecule has 0 unspecified atom stereocenters. The van der Waals surface area contributed by atoms with Crippen molar-refractivity contribution < 1.29 is 1.43 Å². The van der Waals surface area contributed by atoms with Gasteiger partial charge >= 0.3 is 0 Å². The predicted molar refractivity (Wildman–Crippen MR) is 54.3 cm³/mol. The first kappa shape index (κ1) is 8.78. The molecule has 2 aromatic heterocycles. The average Bonchev–Trinajstić information content (AvgIpc) is 2.48. The molecule has 0 aliphatic heterocycles. The third kappa shape index (κ3) is 1.64. The third-order valence-corrected chi connectivity index (χ3v) is 1.56. The molecule has 0 atom stereocenters. The zero-order chi connectivity index (χ0) is 8.97. The molecular formula is C10H16N2. The molecule has 0 spiro atoms. The van der Waals surface area contributed by atoms with Gasteiger partial charge in [0.25, 0.3) is 0 Å². The third-order valence-electron chi connectivity index (χ3n) is 1.56. The SMILES string of the molecule is CC.Cc1cc2cnccc2[nH]1.[HH]. The summed E-state index contributed by atoms with van der Waals surface area (Å²) in [4.78, 5) is 7.22. The lowest BCUT2D eigenvalue weighted by atomic mass is 10.3. The van der Waals surface area contributed by atoms with Crippen molar-refractivity contribution in [2.24, 2.45) is 0 Å². The van der Waals surface area contributed by atoms with Crippen molar-refractivity contribution in [1.82, 2.24) is 9.97 Å². The number of hydrogen-bond acceptors (Lipinski definition) is 1. The van der Waals surface area contributed by atoms with Gasteiger partial charge in [-0.05, 0) is 19.1 Å². The van der Waals surface area contributed by atoms with E-state index in [1.807, 2.05) is 33.0 Å². The topological polar surface area (TPSA) is 28.7 Å². The Labute approximate surface area is 74.1 Å². The van der Waals surface area contributed by atoms with Crippen molar-refractivity contribution in [2.45, 2.75) is 20.8 Å². The standard InChI is InChI=1S/C8H8N2.C2H6.H2/c1-6-4-7-5-9-3-2-8(7)10-6;1-2;/h2-5,10H,1H3;1-2H3;1H. The molecule has 0 aliphatic carbocycles. The fraction of sp³-hybridized carbons (Fsp3) is 0.300. The van der Waals surface area contributed by atoms with Crippen molar-refractivity contribution in [3.63, 3.8) is 0 Å². The van der Waals surface area contributed by atoms with Crippen LogP contribution in [-0.4, -0.2) is 9.97 Å². The van der Waals surface area contributed by atoms with E-state index >= 15 is 0 Å². The van der Waals surface area contributed by atoms with Crippen molar-refractivity contribution in [2.75, 3.05) is 0 Å². The number of aromatic nitrogens is 2.